The molecule has 4 N–H and O–H groups in total. The first kappa shape index (κ1) is 30.1. The molecule has 9 nitrogen and oxygen atoms in total. The van der Waals surface area contributed by atoms with Crippen molar-refractivity contribution in [2.75, 3.05) is 30.4 Å². The number of urea groups is 1. The van der Waals surface area contributed by atoms with Crippen LogP contribution in [0.3, 0.4) is 0 Å². The number of halogens is 1. The molecule has 1 saturated carbocycles. The summed E-state index contributed by atoms with van der Waals surface area (Å²) >= 11 is 6.17. The van der Waals surface area contributed by atoms with E-state index in [4.69, 9.17) is 31.4 Å². The van der Waals surface area contributed by atoms with Gasteiger partial charge in [-0.1, -0.05) is 39.3 Å². The molecule has 2 aromatic carbocycles. The lowest BCUT2D eigenvalue weighted by atomic mass is 9.49. The van der Waals surface area contributed by atoms with Crippen LogP contribution in [0.4, 0.5) is 16.2 Å². The Kier molecular flexibility index (Phi) is 10.1. The standard InChI is InChI=1S/C29H37ClN4O5/c1-28(2)25(29(3,4)26(28)39-22-13-8-19(17-31)23(30)16-22)34-27(37)33-21-11-9-20(10-12-21)32-14-6-5-7-15-38-18-24(35)36/h8-13,16,25-26,32H,5-7,14-15,18H2,1-4H3,(H,35,36)(H2,33,34,37)/t25-,26-. The highest BCUT2D eigenvalue weighted by Gasteiger charge is 2.64. The van der Waals surface area contributed by atoms with E-state index >= 15 is 0 Å². The molecule has 1 fully saturated rings. The molecule has 1 aliphatic rings. The van der Waals surface area contributed by atoms with Crippen molar-refractivity contribution in [2.45, 2.75) is 59.1 Å². The molecule has 0 aromatic heterocycles. The maximum absolute atomic E-state index is 12.8. The molecule has 2 amide bonds. The second kappa shape index (κ2) is 13.0. The van der Waals surface area contributed by atoms with Gasteiger partial charge in [0.25, 0.3) is 0 Å². The summed E-state index contributed by atoms with van der Waals surface area (Å²) in [6.07, 6.45) is 2.52. The Bertz CT molecular complexity index is 1180. The predicted octanol–water partition coefficient (Wildman–Crippen LogP) is 5.90. The van der Waals surface area contributed by atoms with E-state index in [1.54, 1.807) is 18.2 Å². The van der Waals surface area contributed by atoms with Crippen LogP contribution in [-0.4, -0.2) is 49.0 Å². The Hall–Kier alpha value is -3.48. The van der Waals surface area contributed by atoms with Crippen molar-refractivity contribution in [1.82, 2.24) is 5.32 Å². The van der Waals surface area contributed by atoms with E-state index in [0.29, 0.717) is 28.6 Å². The van der Waals surface area contributed by atoms with Gasteiger partial charge in [-0.3, -0.25) is 0 Å². The van der Waals surface area contributed by atoms with Gasteiger partial charge >= 0.3 is 12.0 Å². The van der Waals surface area contributed by atoms with Gasteiger partial charge in [-0.05, 0) is 55.7 Å². The smallest absolute Gasteiger partial charge is 0.329 e. The molecule has 0 bridgehead atoms. The first-order valence-electron chi connectivity index (χ1n) is 13.0. The van der Waals surface area contributed by atoms with Gasteiger partial charge in [0.1, 0.15) is 24.5 Å². The Morgan fingerprint density at radius 3 is 2.31 bits per heavy atom. The summed E-state index contributed by atoms with van der Waals surface area (Å²) in [6, 6.07) is 14.2. The number of anilines is 2. The predicted molar refractivity (Wildman–Crippen MR) is 151 cm³/mol. The number of hydrogen-bond donors (Lipinski definition) is 4. The topological polar surface area (TPSA) is 133 Å². The number of nitriles is 1. The van der Waals surface area contributed by atoms with Gasteiger partial charge in [-0.2, -0.15) is 5.26 Å². The van der Waals surface area contributed by atoms with E-state index in [2.05, 4.69) is 43.6 Å². The number of nitrogens with one attached hydrogen (secondary N) is 3. The fraction of sp³-hybridized carbons (Fsp3) is 0.483. The summed E-state index contributed by atoms with van der Waals surface area (Å²) in [5.41, 5.74) is 1.33. The third-order valence-electron chi connectivity index (χ3n) is 7.09. The fourth-order valence-corrected chi connectivity index (χ4v) is 5.68. The summed E-state index contributed by atoms with van der Waals surface area (Å²) < 4.78 is 11.3. The van der Waals surface area contributed by atoms with E-state index in [1.807, 2.05) is 30.3 Å². The van der Waals surface area contributed by atoms with Crippen LogP contribution < -0.4 is 20.7 Å². The van der Waals surface area contributed by atoms with Crippen LogP contribution in [0.2, 0.25) is 5.02 Å². The zero-order chi connectivity index (χ0) is 28.6. The highest BCUT2D eigenvalue weighted by molar-refractivity contribution is 6.31. The van der Waals surface area contributed by atoms with Crippen LogP contribution in [0.25, 0.3) is 0 Å². The number of carboxylic acid groups (broad SMARTS) is 1. The summed E-state index contributed by atoms with van der Waals surface area (Å²) in [6.45, 7) is 9.22. The Morgan fingerprint density at radius 2 is 1.69 bits per heavy atom. The van der Waals surface area contributed by atoms with Gasteiger partial charge in [0, 0.05) is 47.5 Å². The van der Waals surface area contributed by atoms with Gasteiger partial charge < -0.3 is 30.5 Å². The van der Waals surface area contributed by atoms with Crippen LogP contribution in [0.5, 0.6) is 5.75 Å². The van der Waals surface area contributed by atoms with Crippen molar-refractivity contribution >= 4 is 35.0 Å². The Labute approximate surface area is 234 Å². The minimum atomic E-state index is -0.951. The molecule has 3 rings (SSSR count). The van der Waals surface area contributed by atoms with Gasteiger partial charge in [0.2, 0.25) is 0 Å². The number of rotatable bonds is 13. The molecule has 210 valence electrons. The monoisotopic (exact) mass is 556 g/mol. The minimum absolute atomic E-state index is 0.140. The molecule has 0 unspecified atom stereocenters. The van der Waals surface area contributed by atoms with Gasteiger partial charge in [-0.25, -0.2) is 9.59 Å². The average molecular weight is 557 g/mol. The third-order valence-corrected chi connectivity index (χ3v) is 7.41. The zero-order valence-electron chi connectivity index (χ0n) is 22.8. The number of carbonyl (C=O) groups is 2. The first-order chi connectivity index (χ1) is 18.4. The van der Waals surface area contributed by atoms with Crippen LogP contribution in [0.1, 0.15) is 52.5 Å². The fourth-order valence-electron chi connectivity index (χ4n) is 5.46. The van der Waals surface area contributed by atoms with E-state index in [-0.39, 0.29) is 35.6 Å². The number of carboxylic acids is 1. The number of hydrogen-bond acceptors (Lipinski definition) is 6. The van der Waals surface area contributed by atoms with Crippen molar-refractivity contribution in [1.29, 1.82) is 5.26 Å². The normalized spacial score (nSPS) is 18.8. The highest BCUT2D eigenvalue weighted by atomic mass is 35.5. The van der Waals surface area contributed by atoms with Gasteiger partial charge in [-0.15, -0.1) is 0 Å². The van der Waals surface area contributed by atoms with Crippen LogP contribution in [-0.2, 0) is 9.53 Å². The van der Waals surface area contributed by atoms with Gasteiger partial charge in [0.15, 0.2) is 0 Å². The Balaban J connectivity index is 1.44. The lowest BCUT2D eigenvalue weighted by Crippen LogP contribution is -2.75. The summed E-state index contributed by atoms with van der Waals surface area (Å²) in [4.78, 5) is 23.2. The number of nitrogens with zero attached hydrogens (tertiary/aromatic N) is 1. The van der Waals surface area contributed by atoms with Gasteiger partial charge in [0.05, 0.1) is 10.6 Å². The molecular weight excluding hydrogens is 520 g/mol. The second-order valence-corrected chi connectivity index (χ2v) is 11.3. The van der Waals surface area contributed by atoms with E-state index in [1.165, 1.54) is 0 Å². The molecular formula is C29H37ClN4O5. The molecule has 10 heteroatoms. The van der Waals surface area contributed by atoms with Crippen LogP contribution >= 0.6 is 11.6 Å². The number of ether oxygens (including phenoxy) is 2. The maximum atomic E-state index is 12.8. The molecule has 0 spiro atoms. The SMILES string of the molecule is CC1(C)[C@H](NC(=O)Nc2ccc(NCCCCCOCC(=O)O)cc2)C(C)(C)[C@H]1Oc1ccc(C#N)c(Cl)c1. The summed E-state index contributed by atoms with van der Waals surface area (Å²) in [7, 11) is 0. The van der Waals surface area contributed by atoms with Crippen molar-refractivity contribution in [3.05, 3.63) is 53.1 Å². The number of aliphatic carboxylic acids is 1. The number of unbranched alkanes of at least 4 members (excludes halogenated alkanes) is 2. The second-order valence-electron chi connectivity index (χ2n) is 10.9. The number of amides is 2. The first-order valence-corrected chi connectivity index (χ1v) is 13.4. The molecule has 1 aliphatic carbocycles. The maximum Gasteiger partial charge on any atom is 0.329 e. The molecule has 0 radical (unpaired) electrons. The highest BCUT2D eigenvalue weighted by Crippen LogP contribution is 2.55. The van der Waals surface area contributed by atoms with Crippen LogP contribution in [0.15, 0.2) is 42.5 Å². The lowest BCUT2D eigenvalue weighted by Gasteiger charge is -2.63. The molecule has 0 atom stereocenters. The Morgan fingerprint density at radius 1 is 1.03 bits per heavy atom. The molecule has 0 saturated heterocycles. The summed E-state index contributed by atoms with van der Waals surface area (Å²) in [5.74, 6) is -0.361. The van der Waals surface area contributed by atoms with Crippen molar-refractivity contribution in [3.8, 4) is 11.8 Å². The average Bonchev–Trinajstić information content (AvgIpc) is 2.88. The van der Waals surface area contributed by atoms with E-state index < -0.39 is 5.97 Å². The van der Waals surface area contributed by atoms with Crippen molar-refractivity contribution < 1.29 is 24.2 Å². The van der Waals surface area contributed by atoms with Crippen molar-refractivity contribution in [3.63, 3.8) is 0 Å². The van der Waals surface area contributed by atoms with Crippen LogP contribution in [0, 0.1) is 22.2 Å². The quantitative estimate of drug-likeness (QED) is 0.226. The largest absolute Gasteiger partial charge is 0.489 e. The molecule has 39 heavy (non-hydrogen) atoms. The molecule has 0 aliphatic heterocycles. The van der Waals surface area contributed by atoms with E-state index in [9.17, 15) is 9.59 Å². The number of carbonyl (C=O) groups excluding carboxylic acids is 1. The molecule has 0 heterocycles. The molecule has 2 aromatic rings. The third kappa shape index (κ3) is 7.78. The minimum Gasteiger partial charge on any atom is -0.489 e. The summed E-state index contributed by atoms with van der Waals surface area (Å²) in [5, 5.41) is 27.4. The van der Waals surface area contributed by atoms with E-state index in [0.717, 1.165) is 31.5 Å². The van der Waals surface area contributed by atoms with Crippen molar-refractivity contribution in [2.24, 2.45) is 10.8 Å². The lowest BCUT2D eigenvalue weighted by molar-refractivity contribution is -0.163. The number of benzene rings is 2. The zero-order valence-corrected chi connectivity index (χ0v) is 23.6.